The van der Waals surface area contributed by atoms with Crippen LogP contribution in [0.3, 0.4) is 0 Å². The van der Waals surface area contributed by atoms with Gasteiger partial charge in [-0.3, -0.25) is 4.79 Å². The molecule has 0 saturated carbocycles. The van der Waals surface area contributed by atoms with Gasteiger partial charge in [0.2, 0.25) is 5.91 Å². The van der Waals surface area contributed by atoms with Crippen LogP contribution >= 0.6 is 0 Å². The summed E-state index contributed by atoms with van der Waals surface area (Å²) in [6.45, 7) is 3.94. The number of nitrogens with one attached hydrogen (secondary N) is 2. The van der Waals surface area contributed by atoms with Crippen LogP contribution in [0.25, 0.3) is 0 Å². The molecule has 1 aliphatic rings. The minimum absolute atomic E-state index is 0.158. The topological polar surface area (TPSA) is 41.1 Å². The van der Waals surface area contributed by atoms with E-state index in [9.17, 15) is 4.79 Å². The number of carbonyl (C=O) groups is 1. The largest absolute Gasteiger partial charge is 0.355 e. The molecule has 2 N–H and O–H groups in total. The molecule has 0 aliphatic carbocycles. The van der Waals surface area contributed by atoms with Crippen LogP contribution in [0.15, 0.2) is 24.3 Å². The molecule has 1 aromatic rings. The van der Waals surface area contributed by atoms with E-state index < -0.39 is 0 Å². The van der Waals surface area contributed by atoms with E-state index in [2.05, 4.69) is 35.8 Å². The average molecular weight is 246 g/mol. The monoisotopic (exact) mass is 246 g/mol. The number of aryl methyl sites for hydroxylation is 2. The van der Waals surface area contributed by atoms with Crippen molar-refractivity contribution in [1.82, 2.24) is 10.6 Å². The van der Waals surface area contributed by atoms with E-state index in [4.69, 9.17) is 0 Å². The van der Waals surface area contributed by atoms with Crippen LogP contribution in [0.1, 0.15) is 30.4 Å². The quantitative estimate of drug-likeness (QED) is 0.831. The number of amides is 1. The van der Waals surface area contributed by atoms with Gasteiger partial charge in [-0.1, -0.05) is 29.8 Å². The fourth-order valence-electron chi connectivity index (χ4n) is 2.38. The fraction of sp³-hybridized carbons (Fsp3) is 0.533. The normalized spacial score (nSPS) is 18.8. The Kier molecular flexibility index (Phi) is 4.76. The second-order valence-corrected chi connectivity index (χ2v) is 5.09. The van der Waals surface area contributed by atoms with Crippen LogP contribution in [0.2, 0.25) is 0 Å². The standard InChI is InChI=1S/C15H22N2O/c1-12-4-2-5-13(10-12)7-8-15(18)17-11-14-6-3-9-16-14/h2,4-5,10,14,16H,3,6-9,11H2,1H3,(H,17,18). The first-order valence-electron chi connectivity index (χ1n) is 6.79. The maximum Gasteiger partial charge on any atom is 0.220 e. The van der Waals surface area contributed by atoms with Gasteiger partial charge < -0.3 is 10.6 Å². The minimum atomic E-state index is 0.158. The van der Waals surface area contributed by atoms with E-state index in [1.54, 1.807) is 0 Å². The molecule has 1 heterocycles. The highest BCUT2D eigenvalue weighted by atomic mass is 16.1. The van der Waals surface area contributed by atoms with Crippen molar-refractivity contribution in [3.05, 3.63) is 35.4 Å². The summed E-state index contributed by atoms with van der Waals surface area (Å²) in [4.78, 5) is 11.7. The second kappa shape index (κ2) is 6.55. The maximum absolute atomic E-state index is 11.7. The third-order valence-electron chi connectivity index (χ3n) is 3.43. The summed E-state index contributed by atoms with van der Waals surface area (Å²) in [5.74, 6) is 0.158. The Hall–Kier alpha value is -1.35. The van der Waals surface area contributed by atoms with Gasteiger partial charge in [-0.25, -0.2) is 0 Å². The lowest BCUT2D eigenvalue weighted by Gasteiger charge is -2.11. The SMILES string of the molecule is Cc1cccc(CCC(=O)NCC2CCCN2)c1. The van der Waals surface area contributed by atoms with Gasteiger partial charge in [-0.15, -0.1) is 0 Å². The van der Waals surface area contributed by atoms with Crippen molar-refractivity contribution in [2.24, 2.45) is 0 Å². The Morgan fingerprint density at radius 3 is 3.11 bits per heavy atom. The van der Waals surface area contributed by atoms with Crippen molar-refractivity contribution in [3.8, 4) is 0 Å². The van der Waals surface area contributed by atoms with E-state index in [0.717, 1.165) is 19.5 Å². The fourth-order valence-corrected chi connectivity index (χ4v) is 2.38. The van der Waals surface area contributed by atoms with E-state index in [1.165, 1.54) is 24.0 Å². The zero-order valence-corrected chi connectivity index (χ0v) is 11.0. The summed E-state index contributed by atoms with van der Waals surface area (Å²) in [6, 6.07) is 8.83. The van der Waals surface area contributed by atoms with Crippen molar-refractivity contribution in [2.45, 2.75) is 38.6 Å². The summed E-state index contributed by atoms with van der Waals surface area (Å²) < 4.78 is 0. The van der Waals surface area contributed by atoms with Crippen LogP contribution in [0.4, 0.5) is 0 Å². The molecule has 3 heteroatoms. The van der Waals surface area contributed by atoms with Crippen molar-refractivity contribution in [3.63, 3.8) is 0 Å². The molecule has 1 saturated heterocycles. The lowest BCUT2D eigenvalue weighted by Crippen LogP contribution is -2.37. The predicted molar refractivity (Wildman–Crippen MR) is 73.5 cm³/mol. The molecule has 1 atom stereocenters. The van der Waals surface area contributed by atoms with Gasteiger partial charge in [0.25, 0.3) is 0 Å². The van der Waals surface area contributed by atoms with Gasteiger partial charge in [-0.2, -0.15) is 0 Å². The minimum Gasteiger partial charge on any atom is -0.355 e. The Balaban J connectivity index is 1.68. The molecule has 1 aromatic carbocycles. The van der Waals surface area contributed by atoms with Crippen LogP contribution in [-0.2, 0) is 11.2 Å². The molecule has 1 amide bonds. The molecular weight excluding hydrogens is 224 g/mol. The number of hydrogen-bond acceptors (Lipinski definition) is 2. The highest BCUT2D eigenvalue weighted by molar-refractivity contribution is 5.76. The molecule has 0 spiro atoms. The zero-order chi connectivity index (χ0) is 12.8. The predicted octanol–water partition coefficient (Wildman–Crippen LogP) is 1.80. The lowest BCUT2D eigenvalue weighted by molar-refractivity contribution is -0.121. The summed E-state index contributed by atoms with van der Waals surface area (Å²) in [5, 5.41) is 6.39. The first-order valence-corrected chi connectivity index (χ1v) is 6.79. The van der Waals surface area contributed by atoms with Gasteiger partial charge in [0, 0.05) is 19.0 Å². The molecule has 0 aromatic heterocycles. The van der Waals surface area contributed by atoms with Gasteiger partial charge >= 0.3 is 0 Å². The molecule has 18 heavy (non-hydrogen) atoms. The molecule has 0 radical (unpaired) electrons. The number of rotatable bonds is 5. The van der Waals surface area contributed by atoms with E-state index >= 15 is 0 Å². The molecule has 1 unspecified atom stereocenters. The summed E-state index contributed by atoms with van der Waals surface area (Å²) in [6.07, 6.45) is 3.81. The first-order chi connectivity index (χ1) is 8.74. The van der Waals surface area contributed by atoms with Crippen LogP contribution in [-0.4, -0.2) is 25.0 Å². The highest BCUT2D eigenvalue weighted by Gasteiger charge is 2.14. The molecule has 98 valence electrons. The highest BCUT2D eigenvalue weighted by Crippen LogP contribution is 2.07. The molecule has 3 nitrogen and oxygen atoms in total. The van der Waals surface area contributed by atoms with Crippen molar-refractivity contribution in [1.29, 1.82) is 0 Å². The van der Waals surface area contributed by atoms with Crippen LogP contribution in [0, 0.1) is 6.92 Å². The first kappa shape index (κ1) is 13.1. The van der Waals surface area contributed by atoms with Crippen molar-refractivity contribution in [2.75, 3.05) is 13.1 Å². The summed E-state index contributed by atoms with van der Waals surface area (Å²) >= 11 is 0. The number of hydrogen-bond donors (Lipinski definition) is 2. The summed E-state index contributed by atoms with van der Waals surface area (Å²) in [5.41, 5.74) is 2.49. The molecule has 0 bridgehead atoms. The van der Waals surface area contributed by atoms with Gasteiger partial charge in [0.1, 0.15) is 0 Å². The van der Waals surface area contributed by atoms with E-state index in [-0.39, 0.29) is 5.91 Å². The molecule has 1 fully saturated rings. The van der Waals surface area contributed by atoms with Crippen LogP contribution in [0.5, 0.6) is 0 Å². The second-order valence-electron chi connectivity index (χ2n) is 5.09. The average Bonchev–Trinajstić information content (AvgIpc) is 2.87. The smallest absolute Gasteiger partial charge is 0.220 e. The molecule has 2 rings (SSSR count). The Labute approximate surface area is 109 Å². The number of benzene rings is 1. The Morgan fingerprint density at radius 1 is 1.50 bits per heavy atom. The maximum atomic E-state index is 11.7. The zero-order valence-electron chi connectivity index (χ0n) is 11.0. The summed E-state index contributed by atoms with van der Waals surface area (Å²) in [7, 11) is 0. The van der Waals surface area contributed by atoms with Gasteiger partial charge in [-0.05, 0) is 38.3 Å². The van der Waals surface area contributed by atoms with E-state index in [1.807, 2.05) is 6.07 Å². The molecule has 1 aliphatic heterocycles. The third kappa shape index (κ3) is 4.15. The number of carbonyl (C=O) groups excluding carboxylic acids is 1. The van der Waals surface area contributed by atoms with E-state index in [0.29, 0.717) is 12.5 Å². The van der Waals surface area contributed by atoms with Crippen molar-refractivity contribution < 1.29 is 4.79 Å². The molecular formula is C15H22N2O. The lowest BCUT2D eigenvalue weighted by atomic mass is 10.1. The third-order valence-corrected chi connectivity index (χ3v) is 3.43. The van der Waals surface area contributed by atoms with Crippen LogP contribution < -0.4 is 10.6 Å². The van der Waals surface area contributed by atoms with Crippen molar-refractivity contribution >= 4 is 5.91 Å². The van der Waals surface area contributed by atoms with Gasteiger partial charge in [0.15, 0.2) is 0 Å². The van der Waals surface area contributed by atoms with Gasteiger partial charge in [0.05, 0.1) is 0 Å². The Bertz CT molecular complexity index is 397. The Morgan fingerprint density at radius 2 is 2.39 bits per heavy atom.